The number of nitrogens with zero attached hydrogens (tertiary/aromatic N) is 1. The molecule has 3 rings (SSSR count). The molecule has 122 valence electrons. The normalized spacial score (nSPS) is 11.1. The lowest BCUT2D eigenvalue weighted by atomic mass is 10.1. The number of hydrogen-bond acceptors (Lipinski definition) is 5. The molecule has 2 heterocycles. The molecule has 0 radical (unpaired) electrons. The van der Waals surface area contributed by atoms with Crippen molar-refractivity contribution in [3.63, 3.8) is 0 Å². The van der Waals surface area contributed by atoms with Crippen LogP contribution in [-0.2, 0) is 0 Å². The van der Waals surface area contributed by atoms with Gasteiger partial charge in [0.05, 0.1) is 26.0 Å². The molecule has 0 aliphatic heterocycles. The Kier molecular flexibility index (Phi) is 4.53. The molecular weight excluding hydrogens is 330 g/mol. The molecule has 1 aromatic carbocycles. The Morgan fingerprint density at radius 2 is 1.96 bits per heavy atom. The third kappa shape index (κ3) is 3.12. The van der Waals surface area contributed by atoms with Crippen LogP contribution in [0.3, 0.4) is 0 Å². The highest BCUT2D eigenvalue weighted by Crippen LogP contribution is 2.33. The third-order valence-electron chi connectivity index (χ3n) is 3.48. The lowest BCUT2D eigenvalue weighted by molar-refractivity contribution is 0.102. The highest BCUT2D eigenvalue weighted by molar-refractivity contribution is 6.31. The molecule has 0 fully saturated rings. The molecule has 6 heteroatoms. The number of pyridine rings is 1. The Hall–Kier alpha value is -2.79. The number of rotatable bonds is 5. The van der Waals surface area contributed by atoms with E-state index in [0.29, 0.717) is 27.7 Å². The number of carbonyl (C=O) groups excluding carboxylic acids is 1. The summed E-state index contributed by atoms with van der Waals surface area (Å²) in [6.45, 7) is 0. The van der Waals surface area contributed by atoms with Crippen molar-refractivity contribution in [2.75, 3.05) is 14.2 Å². The zero-order chi connectivity index (χ0) is 17.1. The molecule has 0 saturated carbocycles. The van der Waals surface area contributed by atoms with Gasteiger partial charge in [-0.25, -0.2) is 4.98 Å². The van der Waals surface area contributed by atoms with Crippen molar-refractivity contribution in [3.05, 3.63) is 59.1 Å². The average Bonchev–Trinajstić information content (AvgIpc) is 3.13. The molecule has 0 atom stereocenters. The molecule has 5 nitrogen and oxygen atoms in total. The van der Waals surface area contributed by atoms with Crippen LogP contribution in [0.5, 0.6) is 11.5 Å². The van der Waals surface area contributed by atoms with E-state index in [4.69, 9.17) is 25.5 Å². The first-order valence-electron chi connectivity index (χ1n) is 7.10. The fraction of sp³-hybridized carbons (Fsp3) is 0.111. The van der Waals surface area contributed by atoms with E-state index in [1.165, 1.54) is 12.3 Å². The van der Waals surface area contributed by atoms with Crippen LogP contribution in [-0.4, -0.2) is 25.0 Å². The molecular formula is C18H14ClNO4. The molecule has 2 aromatic heterocycles. The largest absolute Gasteiger partial charge is 0.493 e. The quantitative estimate of drug-likeness (QED) is 0.390. The van der Waals surface area contributed by atoms with E-state index in [2.05, 4.69) is 4.98 Å². The molecule has 24 heavy (non-hydrogen) atoms. The lowest BCUT2D eigenvalue weighted by Gasteiger charge is -2.09. The summed E-state index contributed by atoms with van der Waals surface area (Å²) in [6.07, 6.45) is 4.45. The molecule has 0 aliphatic carbocycles. The van der Waals surface area contributed by atoms with Gasteiger partial charge in [-0.1, -0.05) is 11.6 Å². The van der Waals surface area contributed by atoms with E-state index >= 15 is 0 Å². The molecule has 0 bridgehead atoms. The van der Waals surface area contributed by atoms with Crippen molar-refractivity contribution in [2.24, 2.45) is 0 Å². The summed E-state index contributed by atoms with van der Waals surface area (Å²) in [5, 5.41) is 1.11. The van der Waals surface area contributed by atoms with E-state index in [0.717, 1.165) is 5.39 Å². The Bertz CT molecular complexity index is 916. The number of ether oxygens (including phenoxy) is 2. The van der Waals surface area contributed by atoms with Gasteiger partial charge in [0, 0.05) is 17.0 Å². The number of halogens is 1. The Morgan fingerprint density at radius 1 is 1.21 bits per heavy atom. The third-order valence-corrected chi connectivity index (χ3v) is 3.78. The first-order valence-corrected chi connectivity index (χ1v) is 7.48. The van der Waals surface area contributed by atoms with E-state index in [-0.39, 0.29) is 11.5 Å². The van der Waals surface area contributed by atoms with Crippen LogP contribution < -0.4 is 9.47 Å². The fourth-order valence-corrected chi connectivity index (χ4v) is 2.49. The van der Waals surface area contributed by atoms with Crippen molar-refractivity contribution >= 4 is 34.4 Å². The topological polar surface area (TPSA) is 61.6 Å². The monoisotopic (exact) mass is 343 g/mol. The van der Waals surface area contributed by atoms with Crippen LogP contribution in [0.25, 0.3) is 17.0 Å². The number of hydrogen-bond donors (Lipinski definition) is 0. The number of aromatic nitrogens is 1. The van der Waals surface area contributed by atoms with Crippen molar-refractivity contribution in [1.29, 1.82) is 0 Å². The Morgan fingerprint density at radius 3 is 2.62 bits per heavy atom. The van der Waals surface area contributed by atoms with Crippen LogP contribution in [0.2, 0.25) is 5.15 Å². The summed E-state index contributed by atoms with van der Waals surface area (Å²) >= 11 is 6.21. The molecule has 0 aliphatic rings. The molecule has 0 unspecified atom stereocenters. The number of ketones is 1. The minimum Gasteiger partial charge on any atom is -0.493 e. The van der Waals surface area contributed by atoms with E-state index < -0.39 is 0 Å². The Balaban J connectivity index is 1.99. The second-order valence-electron chi connectivity index (χ2n) is 4.94. The van der Waals surface area contributed by atoms with Gasteiger partial charge >= 0.3 is 0 Å². The zero-order valence-corrected chi connectivity index (χ0v) is 13.8. The predicted molar refractivity (Wildman–Crippen MR) is 91.9 cm³/mol. The summed E-state index contributed by atoms with van der Waals surface area (Å²) in [7, 11) is 3.12. The van der Waals surface area contributed by atoms with Crippen molar-refractivity contribution in [1.82, 2.24) is 4.98 Å². The van der Waals surface area contributed by atoms with Crippen molar-refractivity contribution < 1.29 is 18.7 Å². The van der Waals surface area contributed by atoms with E-state index in [1.54, 1.807) is 38.5 Å². The number of allylic oxidation sites excluding steroid dienone is 1. The van der Waals surface area contributed by atoms with Gasteiger partial charge < -0.3 is 13.9 Å². The summed E-state index contributed by atoms with van der Waals surface area (Å²) < 4.78 is 15.6. The van der Waals surface area contributed by atoms with Crippen LogP contribution in [0.15, 0.2) is 47.1 Å². The van der Waals surface area contributed by atoms with Gasteiger partial charge in [0.2, 0.25) is 5.78 Å². The van der Waals surface area contributed by atoms with Crippen LogP contribution in [0.4, 0.5) is 0 Å². The molecule has 0 N–H and O–H groups in total. The standard InChI is InChI=1S/C18H14ClNO4/c1-22-16-9-12-8-11(5-6-14(21)15-4-3-7-24-15)18(19)20-13(12)10-17(16)23-2/h3-10H,1-2H3. The van der Waals surface area contributed by atoms with Gasteiger partial charge in [-0.2, -0.15) is 0 Å². The fourth-order valence-electron chi connectivity index (χ4n) is 2.28. The highest BCUT2D eigenvalue weighted by atomic mass is 35.5. The van der Waals surface area contributed by atoms with Crippen molar-refractivity contribution in [3.8, 4) is 11.5 Å². The van der Waals surface area contributed by atoms with Gasteiger partial charge in [0.25, 0.3) is 0 Å². The minimum absolute atomic E-state index is 0.247. The number of methoxy groups -OCH3 is 2. The van der Waals surface area contributed by atoms with Gasteiger partial charge in [0.1, 0.15) is 5.15 Å². The van der Waals surface area contributed by atoms with Gasteiger partial charge in [-0.3, -0.25) is 4.79 Å². The minimum atomic E-state index is -0.247. The molecule has 0 spiro atoms. The van der Waals surface area contributed by atoms with E-state index in [1.807, 2.05) is 12.1 Å². The number of fused-ring (bicyclic) bond motifs is 1. The van der Waals surface area contributed by atoms with Crippen LogP contribution in [0.1, 0.15) is 16.1 Å². The first kappa shape index (κ1) is 16.1. The number of benzene rings is 1. The van der Waals surface area contributed by atoms with E-state index in [9.17, 15) is 4.79 Å². The number of furan rings is 1. The summed E-state index contributed by atoms with van der Waals surface area (Å²) in [4.78, 5) is 16.3. The zero-order valence-electron chi connectivity index (χ0n) is 13.1. The maximum absolute atomic E-state index is 12.0. The second kappa shape index (κ2) is 6.76. The first-order chi connectivity index (χ1) is 11.6. The van der Waals surface area contributed by atoms with Gasteiger partial charge in [-0.15, -0.1) is 0 Å². The van der Waals surface area contributed by atoms with Gasteiger partial charge in [-0.05, 0) is 36.4 Å². The average molecular weight is 344 g/mol. The predicted octanol–water partition coefficient (Wildman–Crippen LogP) is 4.39. The highest BCUT2D eigenvalue weighted by Gasteiger charge is 2.10. The van der Waals surface area contributed by atoms with Gasteiger partial charge in [0.15, 0.2) is 17.3 Å². The molecule has 3 aromatic rings. The Labute approximate surface area is 143 Å². The van der Waals surface area contributed by atoms with Crippen LogP contribution >= 0.6 is 11.6 Å². The van der Waals surface area contributed by atoms with Crippen molar-refractivity contribution in [2.45, 2.75) is 0 Å². The summed E-state index contributed by atoms with van der Waals surface area (Å²) in [5.41, 5.74) is 1.29. The second-order valence-corrected chi connectivity index (χ2v) is 5.30. The SMILES string of the molecule is COc1cc2cc(C=CC(=O)c3ccco3)c(Cl)nc2cc1OC. The maximum atomic E-state index is 12.0. The number of carbonyl (C=O) groups is 1. The lowest BCUT2D eigenvalue weighted by Crippen LogP contribution is -1.93. The molecule has 0 amide bonds. The smallest absolute Gasteiger partial charge is 0.221 e. The summed E-state index contributed by atoms with van der Waals surface area (Å²) in [6, 6.07) is 8.65. The maximum Gasteiger partial charge on any atom is 0.221 e. The van der Waals surface area contributed by atoms with Crippen LogP contribution in [0, 0.1) is 0 Å². The summed E-state index contributed by atoms with van der Waals surface area (Å²) in [5.74, 6) is 1.19. The molecule has 0 saturated heterocycles.